The van der Waals surface area contributed by atoms with E-state index in [0.717, 1.165) is 25.7 Å². The summed E-state index contributed by atoms with van der Waals surface area (Å²) < 4.78 is 18.9. The van der Waals surface area contributed by atoms with Gasteiger partial charge in [-0.25, -0.2) is 4.79 Å². The van der Waals surface area contributed by atoms with Gasteiger partial charge in [-0.2, -0.15) is 0 Å². The van der Waals surface area contributed by atoms with Crippen LogP contribution in [0.4, 0.5) is 4.79 Å². The summed E-state index contributed by atoms with van der Waals surface area (Å²) in [6.45, 7) is 18.9. The molecule has 5 rings (SSSR count). The molecule has 11 nitrogen and oxygen atoms in total. The highest BCUT2D eigenvalue weighted by Gasteiger charge is 2.72. The number of ether oxygens (including phenoxy) is 3. The van der Waals surface area contributed by atoms with Gasteiger partial charge in [-0.05, 0) is 97.7 Å². The molecule has 0 aromatic heterocycles. The number of nitrogens with two attached hydrogens (primary N) is 1. The van der Waals surface area contributed by atoms with E-state index in [1.807, 2.05) is 0 Å². The van der Waals surface area contributed by atoms with Gasteiger partial charge in [-0.1, -0.05) is 76.0 Å². The van der Waals surface area contributed by atoms with Crippen LogP contribution >= 0.6 is 15.9 Å². The molecule has 12 heteroatoms. The number of amides is 2. The number of carboxylic acids is 1. The predicted molar refractivity (Wildman–Crippen MR) is 206 cm³/mol. The fourth-order valence-electron chi connectivity index (χ4n) is 12.3. The average Bonchev–Trinajstić information content (AvgIpc) is 3.08. The molecule has 1 saturated heterocycles. The van der Waals surface area contributed by atoms with E-state index in [-0.39, 0.29) is 34.6 Å². The average molecular weight is 809 g/mol. The number of halogens is 1. The van der Waals surface area contributed by atoms with Crippen LogP contribution in [0, 0.1) is 56.7 Å². The Morgan fingerprint density at radius 2 is 1.70 bits per heavy atom. The van der Waals surface area contributed by atoms with Gasteiger partial charge in [0.1, 0.15) is 18.2 Å². The quantitative estimate of drug-likeness (QED) is 0.0694. The number of urea groups is 1. The van der Waals surface area contributed by atoms with Gasteiger partial charge in [-0.3, -0.25) is 14.4 Å². The van der Waals surface area contributed by atoms with Gasteiger partial charge < -0.3 is 35.7 Å². The Balaban J connectivity index is 1.40. The van der Waals surface area contributed by atoms with Crippen molar-refractivity contribution in [1.82, 2.24) is 10.6 Å². The van der Waals surface area contributed by atoms with Crippen molar-refractivity contribution in [2.45, 2.75) is 131 Å². The standard InChI is InChI=1S/C41H66BrN3O8/c1-24(2)25(3)37(5)16-17-39(7)27-12-13-31-38(6)22-51-23-41(31,28(27)14-15-40(39,8)32(37)34(47)48)21-30(52-26(4)46)33(38)53-35(49)29(43)11-9-10-19-44-36(50)45-20-18-42/h14,24-25,27,29-33H,9-13,15-23,43H2,1-8H3,(H,47,48)(H2,44,45,50)/t25-,27+,29?,30-,31+,32-,33+,37-,38-,39-,40+,41+/m1/s1. The van der Waals surface area contributed by atoms with Gasteiger partial charge in [-0.15, -0.1) is 0 Å². The van der Waals surface area contributed by atoms with Crippen LogP contribution in [0.3, 0.4) is 0 Å². The molecule has 0 aromatic rings. The summed E-state index contributed by atoms with van der Waals surface area (Å²) in [6, 6.07) is -1.09. The zero-order chi connectivity index (χ0) is 39.1. The highest BCUT2D eigenvalue weighted by atomic mass is 79.9. The van der Waals surface area contributed by atoms with E-state index in [2.05, 4.69) is 81.1 Å². The molecule has 2 amide bonds. The van der Waals surface area contributed by atoms with E-state index < -0.39 is 58.3 Å². The Morgan fingerprint density at radius 1 is 1.00 bits per heavy atom. The molecule has 0 radical (unpaired) electrons. The lowest BCUT2D eigenvalue weighted by Crippen LogP contribution is -2.70. The number of unbranched alkanes of at least 4 members (excludes halogenated alkanes) is 1. The number of aliphatic carboxylic acids is 1. The van der Waals surface area contributed by atoms with Crippen LogP contribution in [0.15, 0.2) is 11.6 Å². The SMILES string of the molecule is CC(=O)O[C@@H]1C[C@@]23COC[C@](C)([C@@H]2CC[C@H]2C3=CC[C@@]3(C)[C@H](C(=O)O)[C@@](C)([C@H](C)C(C)C)CC[C@]23C)[C@H]1OC(=O)C(N)CCCCNC(=O)NCCBr. The zero-order valence-electron chi connectivity index (χ0n) is 33.4. The minimum absolute atomic E-state index is 0.117. The molecule has 0 spiro atoms. The highest BCUT2D eigenvalue weighted by molar-refractivity contribution is 9.09. The van der Waals surface area contributed by atoms with Gasteiger partial charge in [0.05, 0.1) is 19.1 Å². The second-order valence-corrected chi connectivity index (χ2v) is 19.3. The number of allylic oxidation sites excluding steroid dienone is 1. The van der Waals surface area contributed by atoms with Crippen molar-refractivity contribution < 1.29 is 38.5 Å². The van der Waals surface area contributed by atoms with Gasteiger partial charge >= 0.3 is 23.9 Å². The lowest BCUT2D eigenvalue weighted by molar-refractivity contribution is -0.263. The van der Waals surface area contributed by atoms with E-state index in [1.165, 1.54) is 12.5 Å². The molecule has 0 aromatic carbocycles. The molecule has 1 aliphatic heterocycles. The third kappa shape index (κ3) is 7.20. The third-order valence-electron chi connectivity index (χ3n) is 15.5. The molecule has 12 atom stereocenters. The fourth-order valence-corrected chi connectivity index (χ4v) is 12.5. The monoisotopic (exact) mass is 807 g/mol. The van der Waals surface area contributed by atoms with Crippen molar-refractivity contribution in [3.63, 3.8) is 0 Å². The third-order valence-corrected chi connectivity index (χ3v) is 15.9. The number of hydrogen-bond donors (Lipinski definition) is 4. The van der Waals surface area contributed by atoms with Crippen LogP contribution < -0.4 is 16.4 Å². The molecule has 3 saturated carbocycles. The minimum atomic E-state index is -0.859. The van der Waals surface area contributed by atoms with E-state index in [1.54, 1.807) is 0 Å². The second kappa shape index (κ2) is 15.8. The summed E-state index contributed by atoms with van der Waals surface area (Å²) in [4.78, 5) is 51.5. The lowest BCUT2D eigenvalue weighted by Gasteiger charge is -2.71. The van der Waals surface area contributed by atoms with Crippen LogP contribution in [0.25, 0.3) is 0 Å². The molecular weight excluding hydrogens is 742 g/mol. The van der Waals surface area contributed by atoms with E-state index in [4.69, 9.17) is 19.9 Å². The number of carbonyl (C=O) groups is 4. The van der Waals surface area contributed by atoms with Gasteiger partial charge in [0.25, 0.3) is 0 Å². The number of fused-ring (bicyclic) bond motifs is 3. The Kier molecular flexibility index (Phi) is 12.5. The summed E-state index contributed by atoms with van der Waals surface area (Å²) in [5.41, 5.74) is 5.64. The second-order valence-electron chi connectivity index (χ2n) is 18.5. The largest absolute Gasteiger partial charge is 0.481 e. The fraction of sp³-hybridized carbons (Fsp3) is 0.854. The van der Waals surface area contributed by atoms with Crippen LogP contribution in [0.5, 0.6) is 0 Å². The van der Waals surface area contributed by atoms with E-state index in [9.17, 15) is 24.3 Å². The maximum Gasteiger partial charge on any atom is 0.323 e. The van der Waals surface area contributed by atoms with Gasteiger partial charge in [0.15, 0.2) is 0 Å². The summed E-state index contributed by atoms with van der Waals surface area (Å²) in [5, 5.41) is 17.2. The number of rotatable bonds is 13. The van der Waals surface area contributed by atoms with Gasteiger partial charge in [0, 0.05) is 36.2 Å². The summed E-state index contributed by atoms with van der Waals surface area (Å²) in [6.07, 6.45) is 7.41. The molecular formula is C41H66BrN3O8. The van der Waals surface area contributed by atoms with E-state index in [0.29, 0.717) is 69.7 Å². The van der Waals surface area contributed by atoms with Crippen molar-refractivity contribution in [3.05, 3.63) is 11.6 Å². The molecule has 1 heterocycles. The minimum Gasteiger partial charge on any atom is -0.481 e. The van der Waals surface area contributed by atoms with Crippen molar-refractivity contribution in [1.29, 1.82) is 0 Å². The molecule has 300 valence electrons. The topological polar surface area (TPSA) is 166 Å². The number of hydrogen-bond acceptors (Lipinski definition) is 8. The van der Waals surface area contributed by atoms with Crippen LogP contribution in [-0.2, 0) is 28.6 Å². The number of nitrogens with one attached hydrogen (secondary N) is 2. The summed E-state index contributed by atoms with van der Waals surface area (Å²) >= 11 is 3.28. The molecule has 4 fully saturated rings. The lowest BCUT2D eigenvalue weighted by atomic mass is 9.34. The predicted octanol–water partition coefficient (Wildman–Crippen LogP) is 6.61. The molecule has 4 aliphatic carbocycles. The molecule has 5 N–H and O–H groups in total. The van der Waals surface area contributed by atoms with E-state index >= 15 is 0 Å². The number of carbonyl (C=O) groups excluding carboxylic acids is 3. The Hall–Kier alpha value is -2.18. The van der Waals surface area contributed by atoms with Crippen molar-refractivity contribution in [3.8, 4) is 0 Å². The van der Waals surface area contributed by atoms with Crippen LogP contribution in [0.2, 0.25) is 0 Å². The normalized spacial score (nSPS) is 40.0. The van der Waals surface area contributed by atoms with Crippen molar-refractivity contribution in [2.24, 2.45) is 62.4 Å². The Bertz CT molecular complexity index is 1440. The maximum atomic E-state index is 13.6. The number of carboxylic acid groups (broad SMARTS) is 1. The molecule has 53 heavy (non-hydrogen) atoms. The first-order chi connectivity index (χ1) is 24.8. The summed E-state index contributed by atoms with van der Waals surface area (Å²) in [5.74, 6) is -1.21. The smallest absolute Gasteiger partial charge is 0.323 e. The molecule has 2 bridgehead atoms. The Labute approximate surface area is 325 Å². The number of esters is 2. The van der Waals surface area contributed by atoms with Crippen molar-refractivity contribution in [2.75, 3.05) is 31.6 Å². The zero-order valence-corrected chi connectivity index (χ0v) is 34.9. The van der Waals surface area contributed by atoms with Crippen molar-refractivity contribution >= 4 is 39.9 Å². The summed E-state index contributed by atoms with van der Waals surface area (Å²) in [7, 11) is 0. The number of alkyl halides is 1. The first-order valence-corrected chi connectivity index (χ1v) is 21.2. The molecule has 1 unspecified atom stereocenters. The Morgan fingerprint density at radius 3 is 2.34 bits per heavy atom. The first kappa shape index (κ1) is 42.0. The highest BCUT2D eigenvalue weighted by Crippen LogP contribution is 2.75. The first-order valence-electron chi connectivity index (χ1n) is 20.0. The molecule has 5 aliphatic rings. The maximum absolute atomic E-state index is 13.6. The van der Waals surface area contributed by atoms with Gasteiger partial charge in [0.2, 0.25) is 0 Å². The van der Waals surface area contributed by atoms with Crippen LogP contribution in [0.1, 0.15) is 113 Å². The van der Waals surface area contributed by atoms with Crippen LogP contribution in [-0.4, -0.2) is 78.9 Å².